The van der Waals surface area contributed by atoms with Crippen molar-refractivity contribution in [2.45, 2.75) is 12.2 Å². The largest absolute Gasteiger partial charge is 0.396 e. The first kappa shape index (κ1) is 9.62. The average molecular weight is 182 g/mol. The third kappa shape index (κ3) is 3.79. The highest BCUT2D eigenvalue weighted by atomic mass is 32.2. The summed E-state index contributed by atoms with van der Waals surface area (Å²) in [5.74, 6) is 2.10. The maximum absolute atomic E-state index is 8.55. The second kappa shape index (κ2) is 6.09. The molecule has 2 heteroatoms. The van der Waals surface area contributed by atoms with Crippen LogP contribution in [-0.4, -0.2) is 17.5 Å². The van der Waals surface area contributed by atoms with Gasteiger partial charge in [0.15, 0.2) is 0 Å². The van der Waals surface area contributed by atoms with Crippen molar-refractivity contribution in [1.29, 1.82) is 0 Å². The maximum Gasteiger partial charge on any atom is 0.0438 e. The van der Waals surface area contributed by atoms with E-state index in [2.05, 4.69) is 24.3 Å². The number of hydrogen-bond donors (Lipinski definition) is 1. The maximum atomic E-state index is 8.55. The summed E-state index contributed by atoms with van der Waals surface area (Å²) in [7, 11) is 0. The van der Waals surface area contributed by atoms with Gasteiger partial charge in [-0.05, 0) is 17.7 Å². The van der Waals surface area contributed by atoms with E-state index in [0.717, 1.165) is 17.9 Å². The molecule has 0 aliphatic rings. The van der Waals surface area contributed by atoms with E-state index < -0.39 is 0 Å². The Kier molecular flexibility index (Phi) is 4.88. The van der Waals surface area contributed by atoms with E-state index in [-0.39, 0.29) is 0 Å². The van der Waals surface area contributed by atoms with Gasteiger partial charge < -0.3 is 5.11 Å². The first-order chi connectivity index (χ1) is 5.93. The number of hydrogen-bond acceptors (Lipinski definition) is 2. The van der Waals surface area contributed by atoms with Crippen LogP contribution in [-0.2, 0) is 5.75 Å². The highest BCUT2D eigenvalue weighted by molar-refractivity contribution is 7.98. The van der Waals surface area contributed by atoms with Crippen LogP contribution in [0.25, 0.3) is 0 Å². The minimum Gasteiger partial charge on any atom is -0.396 e. The molecule has 12 heavy (non-hydrogen) atoms. The summed E-state index contributed by atoms with van der Waals surface area (Å²) < 4.78 is 0. The van der Waals surface area contributed by atoms with Crippen LogP contribution in [0.3, 0.4) is 0 Å². The number of aliphatic hydroxyl groups excluding tert-OH is 1. The van der Waals surface area contributed by atoms with Crippen LogP contribution < -0.4 is 0 Å². The monoisotopic (exact) mass is 182 g/mol. The van der Waals surface area contributed by atoms with Crippen molar-refractivity contribution < 1.29 is 5.11 Å². The van der Waals surface area contributed by atoms with E-state index in [4.69, 9.17) is 5.11 Å². The first-order valence-corrected chi connectivity index (χ1v) is 5.31. The minimum absolute atomic E-state index is 0.307. The summed E-state index contributed by atoms with van der Waals surface area (Å²) in [6, 6.07) is 10.4. The topological polar surface area (TPSA) is 20.2 Å². The van der Waals surface area contributed by atoms with Crippen LogP contribution in [0.5, 0.6) is 0 Å². The van der Waals surface area contributed by atoms with Crippen LogP contribution in [0.15, 0.2) is 30.3 Å². The Morgan fingerprint density at radius 3 is 2.58 bits per heavy atom. The molecule has 1 aromatic carbocycles. The van der Waals surface area contributed by atoms with Crippen molar-refractivity contribution in [3.05, 3.63) is 35.9 Å². The van der Waals surface area contributed by atoms with Gasteiger partial charge in [-0.3, -0.25) is 0 Å². The van der Waals surface area contributed by atoms with Crippen molar-refractivity contribution in [2.75, 3.05) is 12.4 Å². The van der Waals surface area contributed by atoms with Gasteiger partial charge >= 0.3 is 0 Å². The molecule has 0 aromatic heterocycles. The summed E-state index contributed by atoms with van der Waals surface area (Å²) in [5.41, 5.74) is 1.36. The fourth-order valence-corrected chi connectivity index (χ4v) is 1.84. The Bertz CT molecular complexity index is 198. The second-order valence-corrected chi connectivity index (χ2v) is 3.72. The van der Waals surface area contributed by atoms with Gasteiger partial charge in [-0.2, -0.15) is 11.8 Å². The summed E-state index contributed by atoms with van der Waals surface area (Å²) in [6.45, 7) is 0.307. The lowest BCUT2D eigenvalue weighted by Gasteiger charge is -1.99. The van der Waals surface area contributed by atoms with Gasteiger partial charge in [0.2, 0.25) is 0 Å². The summed E-state index contributed by atoms with van der Waals surface area (Å²) in [5, 5.41) is 8.55. The zero-order chi connectivity index (χ0) is 8.65. The Balaban J connectivity index is 2.16. The van der Waals surface area contributed by atoms with E-state index in [9.17, 15) is 0 Å². The molecule has 0 aliphatic carbocycles. The van der Waals surface area contributed by atoms with Crippen LogP contribution in [0.4, 0.5) is 0 Å². The predicted molar refractivity (Wildman–Crippen MR) is 54.3 cm³/mol. The van der Waals surface area contributed by atoms with E-state index in [1.165, 1.54) is 5.56 Å². The lowest BCUT2D eigenvalue weighted by atomic mass is 10.2. The highest BCUT2D eigenvalue weighted by Gasteiger charge is 1.91. The zero-order valence-corrected chi connectivity index (χ0v) is 7.89. The van der Waals surface area contributed by atoms with Crippen molar-refractivity contribution in [2.24, 2.45) is 0 Å². The van der Waals surface area contributed by atoms with Gasteiger partial charge in [-0.1, -0.05) is 30.3 Å². The number of rotatable bonds is 5. The second-order valence-electron chi connectivity index (χ2n) is 2.62. The number of thioether (sulfide) groups is 1. The van der Waals surface area contributed by atoms with Gasteiger partial charge in [0.1, 0.15) is 0 Å². The molecular formula is C10H14OS. The molecule has 0 spiro atoms. The van der Waals surface area contributed by atoms with Crippen LogP contribution >= 0.6 is 11.8 Å². The SMILES string of the molecule is OCCCSCc1ccccc1. The van der Waals surface area contributed by atoms with E-state index in [1.807, 2.05) is 17.8 Å². The zero-order valence-electron chi connectivity index (χ0n) is 7.07. The smallest absolute Gasteiger partial charge is 0.0438 e. The third-order valence-electron chi connectivity index (χ3n) is 1.56. The van der Waals surface area contributed by atoms with E-state index >= 15 is 0 Å². The first-order valence-electron chi connectivity index (χ1n) is 4.16. The molecule has 0 amide bonds. The number of benzene rings is 1. The molecule has 0 saturated heterocycles. The van der Waals surface area contributed by atoms with Crippen molar-refractivity contribution >= 4 is 11.8 Å². The third-order valence-corrected chi connectivity index (χ3v) is 2.67. The van der Waals surface area contributed by atoms with Gasteiger partial charge in [0, 0.05) is 12.4 Å². The normalized spacial score (nSPS) is 10.1. The summed E-state index contributed by atoms with van der Waals surface area (Å²) in [4.78, 5) is 0. The van der Waals surface area contributed by atoms with E-state index in [0.29, 0.717) is 6.61 Å². The molecular weight excluding hydrogens is 168 g/mol. The molecule has 0 fully saturated rings. The van der Waals surface area contributed by atoms with Gasteiger partial charge in [-0.15, -0.1) is 0 Å². The van der Waals surface area contributed by atoms with Gasteiger partial charge in [0.25, 0.3) is 0 Å². The molecule has 0 heterocycles. The fourth-order valence-electron chi connectivity index (χ4n) is 0.931. The van der Waals surface area contributed by atoms with Crippen LogP contribution in [0.2, 0.25) is 0 Å². The molecule has 1 aromatic rings. The molecule has 66 valence electrons. The predicted octanol–water partition coefficient (Wildman–Crippen LogP) is 2.30. The number of aliphatic hydroxyl groups is 1. The molecule has 0 atom stereocenters. The van der Waals surface area contributed by atoms with E-state index in [1.54, 1.807) is 0 Å². The highest BCUT2D eigenvalue weighted by Crippen LogP contribution is 2.11. The van der Waals surface area contributed by atoms with Crippen LogP contribution in [0, 0.1) is 0 Å². The Labute approximate surface area is 77.8 Å². The van der Waals surface area contributed by atoms with Gasteiger partial charge in [-0.25, -0.2) is 0 Å². The fraction of sp³-hybridized carbons (Fsp3) is 0.400. The molecule has 0 unspecified atom stereocenters. The Morgan fingerprint density at radius 1 is 1.17 bits per heavy atom. The quantitative estimate of drug-likeness (QED) is 0.705. The van der Waals surface area contributed by atoms with Crippen molar-refractivity contribution in [3.63, 3.8) is 0 Å². The molecule has 0 radical (unpaired) electrons. The van der Waals surface area contributed by atoms with Crippen molar-refractivity contribution in [3.8, 4) is 0 Å². The molecule has 0 saturated carbocycles. The summed E-state index contributed by atoms with van der Waals surface area (Å²) in [6.07, 6.45) is 0.900. The summed E-state index contributed by atoms with van der Waals surface area (Å²) >= 11 is 1.87. The lowest BCUT2D eigenvalue weighted by molar-refractivity contribution is 0.296. The van der Waals surface area contributed by atoms with Gasteiger partial charge in [0.05, 0.1) is 0 Å². The molecule has 1 nitrogen and oxygen atoms in total. The Hall–Kier alpha value is -0.470. The molecule has 1 N–H and O–H groups in total. The lowest BCUT2D eigenvalue weighted by Crippen LogP contribution is -1.86. The van der Waals surface area contributed by atoms with Crippen LogP contribution in [0.1, 0.15) is 12.0 Å². The standard InChI is InChI=1S/C10H14OS/c11-7-4-8-12-9-10-5-2-1-3-6-10/h1-3,5-6,11H,4,7-9H2. The van der Waals surface area contributed by atoms with Crippen molar-refractivity contribution in [1.82, 2.24) is 0 Å². The molecule has 0 aliphatic heterocycles. The molecule has 1 rings (SSSR count). The minimum atomic E-state index is 0.307. The molecule has 0 bridgehead atoms. The Morgan fingerprint density at radius 2 is 1.92 bits per heavy atom. The average Bonchev–Trinajstić information content (AvgIpc) is 2.14.